The second kappa shape index (κ2) is 9.23. The Morgan fingerprint density at radius 2 is 2.33 bits per heavy atom. The fourth-order valence-corrected chi connectivity index (χ4v) is 3.51. The molecule has 146 valence electrons. The van der Waals surface area contributed by atoms with E-state index in [1.54, 1.807) is 11.8 Å². The minimum Gasteiger partial charge on any atom is -0.496 e. The molecule has 1 aliphatic rings. The van der Waals surface area contributed by atoms with E-state index in [0.29, 0.717) is 13.2 Å². The van der Waals surface area contributed by atoms with E-state index < -0.39 is 0 Å². The number of aryl methyl sites for hydroxylation is 1. The molecule has 0 bridgehead atoms. The minimum absolute atomic E-state index is 0.00304. The summed E-state index contributed by atoms with van der Waals surface area (Å²) in [4.78, 5) is 7.09. The lowest BCUT2D eigenvalue weighted by molar-refractivity contribution is -0.00805. The molecule has 1 aromatic heterocycles. The van der Waals surface area contributed by atoms with Crippen molar-refractivity contribution < 1.29 is 9.47 Å². The molecule has 1 aromatic carbocycles. The van der Waals surface area contributed by atoms with E-state index >= 15 is 0 Å². The van der Waals surface area contributed by atoms with Crippen molar-refractivity contribution in [3.05, 3.63) is 46.2 Å². The van der Waals surface area contributed by atoms with Gasteiger partial charge in [0, 0.05) is 41.9 Å². The topological polar surface area (TPSA) is 63.9 Å². The number of nitrogens with one attached hydrogen (secondary N) is 1. The summed E-state index contributed by atoms with van der Waals surface area (Å²) in [7, 11) is 3.60. The Kier molecular flexibility index (Phi) is 6.73. The third kappa shape index (κ3) is 5.01. The maximum atomic E-state index is 5.95. The highest BCUT2D eigenvalue weighted by Crippen LogP contribution is 2.25. The number of ether oxygens (including phenoxy) is 2. The zero-order valence-electron chi connectivity index (χ0n) is 16.0. The molecule has 0 amide bonds. The summed E-state index contributed by atoms with van der Waals surface area (Å²) in [6, 6.07) is 5.97. The lowest BCUT2D eigenvalue weighted by Gasteiger charge is -2.34. The zero-order valence-corrected chi connectivity index (χ0v) is 17.6. The second-order valence-corrected chi connectivity index (χ2v) is 7.29. The summed E-state index contributed by atoms with van der Waals surface area (Å²) >= 11 is 3.52. The Morgan fingerprint density at radius 1 is 1.48 bits per heavy atom. The van der Waals surface area contributed by atoms with Crippen molar-refractivity contribution in [2.24, 2.45) is 12.0 Å². The van der Waals surface area contributed by atoms with E-state index in [-0.39, 0.29) is 6.10 Å². The van der Waals surface area contributed by atoms with Crippen LogP contribution in [0.4, 0.5) is 0 Å². The second-order valence-electron chi connectivity index (χ2n) is 6.38. The van der Waals surface area contributed by atoms with Crippen LogP contribution in [-0.2, 0) is 18.3 Å². The molecule has 0 saturated carbocycles. The highest BCUT2D eigenvalue weighted by Gasteiger charge is 2.25. The molecular weight excluding hydrogens is 410 g/mol. The Morgan fingerprint density at radius 3 is 3.04 bits per heavy atom. The van der Waals surface area contributed by atoms with Crippen molar-refractivity contribution >= 4 is 21.9 Å². The van der Waals surface area contributed by atoms with Gasteiger partial charge in [0.05, 0.1) is 33.0 Å². The van der Waals surface area contributed by atoms with Gasteiger partial charge in [0.25, 0.3) is 0 Å². The van der Waals surface area contributed by atoms with Crippen LogP contribution in [0.1, 0.15) is 24.2 Å². The molecule has 27 heavy (non-hydrogen) atoms. The van der Waals surface area contributed by atoms with Crippen LogP contribution in [-0.4, -0.2) is 54.0 Å². The van der Waals surface area contributed by atoms with Gasteiger partial charge < -0.3 is 19.7 Å². The number of morpholine rings is 1. The predicted molar refractivity (Wildman–Crippen MR) is 109 cm³/mol. The summed E-state index contributed by atoms with van der Waals surface area (Å²) < 4.78 is 14.2. The number of methoxy groups -OCH3 is 1. The first kappa shape index (κ1) is 19.7. The average molecular weight is 436 g/mol. The van der Waals surface area contributed by atoms with Gasteiger partial charge in [-0.1, -0.05) is 15.9 Å². The highest BCUT2D eigenvalue weighted by molar-refractivity contribution is 9.10. The molecule has 3 rings (SSSR count). The van der Waals surface area contributed by atoms with Crippen molar-refractivity contribution in [3.8, 4) is 5.75 Å². The highest BCUT2D eigenvalue weighted by atomic mass is 79.9. The Bertz CT molecular complexity index is 792. The molecule has 0 spiro atoms. The van der Waals surface area contributed by atoms with Gasteiger partial charge >= 0.3 is 0 Å². The molecule has 0 aliphatic carbocycles. The number of hydrogen-bond donors (Lipinski definition) is 1. The number of benzene rings is 1. The maximum absolute atomic E-state index is 5.95. The van der Waals surface area contributed by atoms with Crippen LogP contribution in [0.15, 0.2) is 40.1 Å². The number of aliphatic imine (C=N–C) groups is 1. The van der Waals surface area contributed by atoms with E-state index in [0.717, 1.165) is 46.9 Å². The van der Waals surface area contributed by atoms with Crippen LogP contribution in [0.2, 0.25) is 0 Å². The molecule has 7 nitrogen and oxygen atoms in total. The van der Waals surface area contributed by atoms with Crippen molar-refractivity contribution in [3.63, 3.8) is 0 Å². The average Bonchev–Trinajstić information content (AvgIpc) is 3.12. The first-order valence-corrected chi connectivity index (χ1v) is 9.85. The van der Waals surface area contributed by atoms with Gasteiger partial charge in [-0.25, -0.2) is 4.99 Å². The number of hydrogen-bond acceptors (Lipinski definition) is 4. The normalized spacial score (nSPS) is 17.9. The van der Waals surface area contributed by atoms with E-state index in [9.17, 15) is 0 Å². The van der Waals surface area contributed by atoms with Crippen molar-refractivity contribution in [2.45, 2.75) is 19.6 Å². The fourth-order valence-electron chi connectivity index (χ4n) is 3.11. The van der Waals surface area contributed by atoms with E-state index in [1.807, 2.05) is 37.6 Å². The molecule has 1 unspecified atom stereocenters. The fraction of sp³-hybridized carbons (Fsp3) is 0.474. The van der Waals surface area contributed by atoms with Gasteiger partial charge in [-0.15, -0.1) is 0 Å². The van der Waals surface area contributed by atoms with Gasteiger partial charge in [-0.3, -0.25) is 4.68 Å². The first-order valence-electron chi connectivity index (χ1n) is 9.06. The number of halogens is 1. The van der Waals surface area contributed by atoms with Gasteiger partial charge in [-0.05, 0) is 25.1 Å². The molecule has 8 heteroatoms. The molecule has 1 N–H and O–H groups in total. The van der Waals surface area contributed by atoms with Crippen molar-refractivity contribution in [2.75, 3.05) is 33.4 Å². The molecule has 1 atom stereocenters. The molecular formula is C19H26BrN5O2. The van der Waals surface area contributed by atoms with E-state index in [1.165, 1.54) is 0 Å². The number of aromatic nitrogens is 2. The standard InChI is InChI=1S/C19H26BrN5O2/c1-4-21-19(22-10-14-9-16(20)5-6-17(14)26-3)25-7-8-27-18(13-25)15-11-23-24(2)12-15/h5-6,9,11-12,18H,4,7-8,10,13H2,1-3H3,(H,21,22). The van der Waals surface area contributed by atoms with E-state index in [2.05, 4.69) is 38.2 Å². The predicted octanol–water partition coefficient (Wildman–Crippen LogP) is 2.73. The Balaban J connectivity index is 1.76. The van der Waals surface area contributed by atoms with Gasteiger partial charge in [0.15, 0.2) is 5.96 Å². The van der Waals surface area contributed by atoms with Gasteiger partial charge in [-0.2, -0.15) is 5.10 Å². The summed E-state index contributed by atoms with van der Waals surface area (Å²) in [5, 5.41) is 7.65. The Labute approximate surface area is 168 Å². The van der Waals surface area contributed by atoms with Crippen LogP contribution < -0.4 is 10.1 Å². The lowest BCUT2D eigenvalue weighted by Crippen LogP contribution is -2.48. The van der Waals surface area contributed by atoms with Gasteiger partial charge in [0.1, 0.15) is 11.9 Å². The number of rotatable bonds is 5. The van der Waals surface area contributed by atoms with Crippen LogP contribution in [0.25, 0.3) is 0 Å². The molecule has 2 aromatic rings. The summed E-state index contributed by atoms with van der Waals surface area (Å²) in [5.41, 5.74) is 2.13. The molecule has 2 heterocycles. The van der Waals surface area contributed by atoms with E-state index in [4.69, 9.17) is 14.5 Å². The largest absolute Gasteiger partial charge is 0.496 e. The number of nitrogens with zero attached hydrogens (tertiary/aromatic N) is 4. The maximum Gasteiger partial charge on any atom is 0.194 e. The Hall–Kier alpha value is -2.06. The van der Waals surface area contributed by atoms with Crippen molar-refractivity contribution in [1.82, 2.24) is 20.0 Å². The summed E-state index contributed by atoms with van der Waals surface area (Å²) in [5.74, 6) is 1.73. The minimum atomic E-state index is -0.00304. The van der Waals surface area contributed by atoms with Crippen LogP contribution in [0.3, 0.4) is 0 Å². The van der Waals surface area contributed by atoms with Gasteiger partial charge in [0.2, 0.25) is 0 Å². The third-order valence-electron chi connectivity index (χ3n) is 4.44. The molecule has 1 saturated heterocycles. The van der Waals surface area contributed by atoms with Crippen LogP contribution in [0, 0.1) is 0 Å². The molecule has 0 radical (unpaired) electrons. The SMILES string of the molecule is CCNC(=NCc1cc(Br)ccc1OC)N1CCOC(c2cnn(C)c2)C1. The monoisotopic (exact) mass is 435 g/mol. The smallest absolute Gasteiger partial charge is 0.194 e. The number of guanidine groups is 1. The molecule has 1 fully saturated rings. The first-order chi connectivity index (χ1) is 13.1. The van der Waals surface area contributed by atoms with Crippen LogP contribution >= 0.6 is 15.9 Å². The quantitative estimate of drug-likeness (QED) is 0.577. The lowest BCUT2D eigenvalue weighted by atomic mass is 10.1. The third-order valence-corrected chi connectivity index (χ3v) is 4.93. The summed E-state index contributed by atoms with van der Waals surface area (Å²) in [6.45, 7) is 5.63. The zero-order chi connectivity index (χ0) is 19.2. The molecule has 1 aliphatic heterocycles. The summed E-state index contributed by atoms with van der Waals surface area (Å²) in [6.07, 6.45) is 3.87. The van der Waals surface area contributed by atoms with Crippen LogP contribution in [0.5, 0.6) is 5.75 Å². The van der Waals surface area contributed by atoms with Crippen molar-refractivity contribution in [1.29, 1.82) is 0 Å².